The Kier molecular flexibility index (Phi) is 32.4. The molecule has 6 atom stereocenters. The Balaban J connectivity index is 2.39. The fourth-order valence-electron chi connectivity index (χ4n) is 5.80. The Hall–Kier alpha value is -2.86. The highest BCUT2D eigenvalue weighted by atomic mass is 16.7. The molecular weight excluding hydrogens is 700 g/mol. The van der Waals surface area contributed by atoms with Crippen molar-refractivity contribution in [3.8, 4) is 0 Å². The van der Waals surface area contributed by atoms with Gasteiger partial charge in [0.2, 0.25) is 0 Å². The molecule has 0 aliphatic carbocycles. The maximum absolute atomic E-state index is 12.7. The predicted molar refractivity (Wildman–Crippen MR) is 219 cm³/mol. The first-order valence-electron chi connectivity index (χ1n) is 21.0. The minimum atomic E-state index is -1.60. The van der Waals surface area contributed by atoms with Gasteiger partial charge in [0.05, 0.1) is 13.2 Å². The van der Waals surface area contributed by atoms with E-state index in [2.05, 4.69) is 86.8 Å². The molecule has 0 radical (unpaired) electrons. The molecule has 1 heterocycles. The molecule has 10 heteroatoms. The second kappa shape index (κ2) is 35.5. The van der Waals surface area contributed by atoms with Gasteiger partial charge < -0.3 is 39.4 Å². The highest BCUT2D eigenvalue weighted by molar-refractivity contribution is 5.70. The molecule has 55 heavy (non-hydrogen) atoms. The largest absolute Gasteiger partial charge is 0.462 e. The number of rotatable bonds is 33. The molecule has 0 bridgehead atoms. The third-order valence-electron chi connectivity index (χ3n) is 9.09. The summed E-state index contributed by atoms with van der Waals surface area (Å²) in [5.41, 5.74) is 0. The number of unbranched alkanes of at least 4 members (excludes halogenated alkanes) is 10. The SMILES string of the molecule is CC/C=C\C/C=C/C/C=C\CCCCCCCC(=O)OC[C@H](CO[C@@H]1O[C@H](CO)[C@H](O)[C@H](O)[C@H]1O)OC(=O)CCCCCCC/C=C/C/C=C/C/C=C\CC. The van der Waals surface area contributed by atoms with Gasteiger partial charge in [0.1, 0.15) is 31.0 Å². The van der Waals surface area contributed by atoms with E-state index in [9.17, 15) is 30.0 Å². The molecule has 0 amide bonds. The van der Waals surface area contributed by atoms with E-state index in [1.54, 1.807) is 0 Å². The Morgan fingerprint density at radius 2 is 1.02 bits per heavy atom. The van der Waals surface area contributed by atoms with Gasteiger partial charge in [-0.3, -0.25) is 9.59 Å². The van der Waals surface area contributed by atoms with E-state index in [4.69, 9.17) is 18.9 Å². The molecule has 0 aromatic carbocycles. The van der Waals surface area contributed by atoms with E-state index in [1.165, 1.54) is 0 Å². The number of aliphatic hydroxyl groups excluding tert-OH is 4. The quantitative estimate of drug-likeness (QED) is 0.0291. The van der Waals surface area contributed by atoms with Crippen LogP contribution in [-0.4, -0.2) is 89.0 Å². The summed E-state index contributed by atoms with van der Waals surface area (Å²) in [4.78, 5) is 25.3. The van der Waals surface area contributed by atoms with Gasteiger partial charge in [-0.05, 0) is 77.0 Å². The zero-order valence-electron chi connectivity index (χ0n) is 33.9. The van der Waals surface area contributed by atoms with Crippen molar-refractivity contribution in [2.24, 2.45) is 0 Å². The van der Waals surface area contributed by atoms with Crippen LogP contribution in [0.15, 0.2) is 72.9 Å². The molecule has 0 unspecified atom stereocenters. The molecule has 1 aliphatic rings. The van der Waals surface area contributed by atoms with Gasteiger partial charge in [0, 0.05) is 12.8 Å². The fraction of sp³-hybridized carbons (Fsp3) is 0.689. The number of ether oxygens (including phenoxy) is 4. The van der Waals surface area contributed by atoms with Gasteiger partial charge in [-0.1, -0.05) is 125 Å². The van der Waals surface area contributed by atoms with Crippen molar-refractivity contribution in [2.45, 2.75) is 179 Å². The Bertz CT molecular complexity index is 1120. The first-order chi connectivity index (χ1) is 26.8. The summed E-state index contributed by atoms with van der Waals surface area (Å²) >= 11 is 0. The van der Waals surface area contributed by atoms with Crippen LogP contribution in [0.4, 0.5) is 0 Å². The Morgan fingerprint density at radius 1 is 0.564 bits per heavy atom. The van der Waals surface area contributed by atoms with E-state index < -0.39 is 55.4 Å². The molecule has 0 aromatic heterocycles. The average molecular weight is 775 g/mol. The highest BCUT2D eigenvalue weighted by Gasteiger charge is 2.44. The van der Waals surface area contributed by atoms with Crippen molar-refractivity contribution in [2.75, 3.05) is 19.8 Å². The number of hydrogen-bond donors (Lipinski definition) is 4. The Morgan fingerprint density at radius 3 is 1.53 bits per heavy atom. The van der Waals surface area contributed by atoms with E-state index in [1.807, 2.05) is 0 Å². The number of hydrogen-bond acceptors (Lipinski definition) is 10. The number of esters is 2. The number of aliphatic hydroxyl groups is 4. The fourth-order valence-corrected chi connectivity index (χ4v) is 5.80. The van der Waals surface area contributed by atoms with Crippen molar-refractivity contribution >= 4 is 11.9 Å². The summed E-state index contributed by atoms with van der Waals surface area (Å²) in [6, 6.07) is 0. The van der Waals surface area contributed by atoms with Gasteiger partial charge in [0.25, 0.3) is 0 Å². The summed E-state index contributed by atoms with van der Waals surface area (Å²) in [6.45, 7) is 3.14. The molecule has 10 nitrogen and oxygen atoms in total. The van der Waals surface area contributed by atoms with Gasteiger partial charge >= 0.3 is 11.9 Å². The first-order valence-corrected chi connectivity index (χ1v) is 21.0. The maximum atomic E-state index is 12.7. The highest BCUT2D eigenvalue weighted by Crippen LogP contribution is 2.22. The van der Waals surface area contributed by atoms with E-state index in [0.717, 1.165) is 103 Å². The van der Waals surface area contributed by atoms with Crippen LogP contribution in [0, 0.1) is 0 Å². The van der Waals surface area contributed by atoms with Crippen LogP contribution in [0.5, 0.6) is 0 Å². The van der Waals surface area contributed by atoms with Crippen molar-refractivity contribution < 1.29 is 49.0 Å². The third-order valence-corrected chi connectivity index (χ3v) is 9.09. The monoisotopic (exact) mass is 775 g/mol. The van der Waals surface area contributed by atoms with Crippen LogP contribution in [0.25, 0.3) is 0 Å². The summed E-state index contributed by atoms with van der Waals surface area (Å²) in [5.74, 6) is -0.855. The van der Waals surface area contributed by atoms with Gasteiger partial charge in [0.15, 0.2) is 12.4 Å². The number of carbonyl (C=O) groups is 2. The smallest absolute Gasteiger partial charge is 0.306 e. The van der Waals surface area contributed by atoms with Crippen LogP contribution >= 0.6 is 0 Å². The van der Waals surface area contributed by atoms with E-state index in [-0.39, 0.29) is 26.1 Å². The van der Waals surface area contributed by atoms with Gasteiger partial charge in [-0.2, -0.15) is 0 Å². The standard InChI is InChI=1S/C45H74O10/c1-3-5-7-9-11-13-15-17-19-21-23-25-27-29-31-33-40(47)52-36-38(37-53-45-44(51)43(50)42(49)39(35-46)55-45)54-41(48)34-32-30-28-26-24-22-20-18-16-14-12-10-8-6-4-2/h5-8,11-14,17-20,38-39,42-46,49-51H,3-4,9-10,15-16,21-37H2,1-2H3/b7-5-,8-6-,13-11+,14-12+,19-17-,20-18+/t38-,39-,42+,43+,44-,45-/m1/s1. The van der Waals surface area contributed by atoms with Crippen molar-refractivity contribution in [3.63, 3.8) is 0 Å². The molecule has 1 rings (SSSR count). The summed E-state index contributed by atoms with van der Waals surface area (Å²) in [5, 5.41) is 40.0. The molecule has 1 fully saturated rings. The minimum Gasteiger partial charge on any atom is -0.462 e. The Labute approximate surface area is 332 Å². The van der Waals surface area contributed by atoms with Gasteiger partial charge in [-0.15, -0.1) is 0 Å². The molecule has 0 spiro atoms. The van der Waals surface area contributed by atoms with Gasteiger partial charge in [-0.25, -0.2) is 0 Å². The van der Waals surface area contributed by atoms with Crippen molar-refractivity contribution in [1.82, 2.24) is 0 Å². The summed E-state index contributed by atoms with van der Waals surface area (Å²) in [7, 11) is 0. The normalized spacial score (nSPS) is 21.3. The van der Waals surface area contributed by atoms with Crippen LogP contribution in [0.2, 0.25) is 0 Å². The summed E-state index contributed by atoms with van der Waals surface area (Å²) < 4.78 is 22.1. The molecule has 0 aromatic rings. The molecule has 1 saturated heterocycles. The molecule has 314 valence electrons. The minimum absolute atomic E-state index is 0.202. The number of allylic oxidation sites excluding steroid dienone is 12. The molecule has 4 N–H and O–H groups in total. The second-order valence-electron chi connectivity index (χ2n) is 14.0. The molecular formula is C45H74O10. The lowest BCUT2D eigenvalue weighted by molar-refractivity contribution is -0.305. The number of carbonyl (C=O) groups excluding carboxylic acids is 2. The summed E-state index contributed by atoms with van der Waals surface area (Å²) in [6.07, 6.45) is 36.2. The van der Waals surface area contributed by atoms with Crippen LogP contribution < -0.4 is 0 Å². The lowest BCUT2D eigenvalue weighted by Crippen LogP contribution is -2.59. The predicted octanol–water partition coefficient (Wildman–Crippen LogP) is 8.44. The lowest BCUT2D eigenvalue weighted by atomic mass is 9.99. The van der Waals surface area contributed by atoms with Crippen LogP contribution in [0.3, 0.4) is 0 Å². The second-order valence-corrected chi connectivity index (χ2v) is 14.0. The maximum Gasteiger partial charge on any atom is 0.306 e. The third kappa shape index (κ3) is 27.4. The molecule has 0 saturated carbocycles. The molecule has 1 aliphatic heterocycles. The average Bonchev–Trinajstić information content (AvgIpc) is 3.18. The first kappa shape index (κ1) is 50.2. The lowest BCUT2D eigenvalue weighted by Gasteiger charge is -2.39. The van der Waals surface area contributed by atoms with E-state index in [0.29, 0.717) is 12.8 Å². The zero-order valence-corrected chi connectivity index (χ0v) is 33.9. The topological polar surface area (TPSA) is 152 Å². The zero-order chi connectivity index (χ0) is 40.2. The van der Waals surface area contributed by atoms with Crippen molar-refractivity contribution in [1.29, 1.82) is 0 Å². The van der Waals surface area contributed by atoms with Crippen LogP contribution in [0.1, 0.15) is 142 Å². The van der Waals surface area contributed by atoms with Crippen molar-refractivity contribution in [3.05, 3.63) is 72.9 Å². The van der Waals surface area contributed by atoms with Crippen LogP contribution in [-0.2, 0) is 28.5 Å². The van der Waals surface area contributed by atoms with E-state index >= 15 is 0 Å².